The van der Waals surface area contributed by atoms with E-state index in [2.05, 4.69) is 9.97 Å². The van der Waals surface area contributed by atoms with Crippen LogP contribution in [0, 0.1) is 6.92 Å². The number of furan rings is 1. The molecule has 0 amide bonds. The van der Waals surface area contributed by atoms with Crippen molar-refractivity contribution in [2.75, 3.05) is 11.5 Å². The molecule has 0 saturated heterocycles. The molecule has 0 aliphatic carbocycles. The Morgan fingerprint density at radius 1 is 1.05 bits per heavy atom. The lowest BCUT2D eigenvalue weighted by molar-refractivity contribution is 0.579. The number of hydrogen-bond donors (Lipinski definition) is 2. The molecule has 1 aromatic carbocycles. The van der Waals surface area contributed by atoms with Gasteiger partial charge in [0.25, 0.3) is 0 Å². The standard InChI is InChI=1S/C15H14N4O/c1-9-8-18-15(13-10(16)4-2-5-11(13)17)19-14(9)12-6-3-7-20-12/h2-8H,16-17H2,1H3. The van der Waals surface area contributed by atoms with E-state index in [9.17, 15) is 0 Å². The van der Waals surface area contributed by atoms with Gasteiger partial charge in [-0.3, -0.25) is 0 Å². The minimum absolute atomic E-state index is 0.498. The van der Waals surface area contributed by atoms with Crippen LogP contribution in [0.15, 0.2) is 47.2 Å². The fourth-order valence-electron chi connectivity index (χ4n) is 2.07. The number of benzene rings is 1. The quantitative estimate of drug-likeness (QED) is 0.696. The SMILES string of the molecule is Cc1cnc(-c2c(N)cccc2N)nc1-c1ccco1. The molecule has 20 heavy (non-hydrogen) atoms. The number of nitrogen functional groups attached to an aromatic ring is 2. The van der Waals surface area contributed by atoms with Gasteiger partial charge in [-0.15, -0.1) is 0 Å². The third kappa shape index (κ3) is 1.99. The van der Waals surface area contributed by atoms with Crippen molar-refractivity contribution in [3.05, 3.63) is 48.4 Å². The Morgan fingerprint density at radius 2 is 1.80 bits per heavy atom. The zero-order valence-electron chi connectivity index (χ0n) is 11.0. The van der Waals surface area contributed by atoms with Gasteiger partial charge in [-0.25, -0.2) is 9.97 Å². The summed E-state index contributed by atoms with van der Waals surface area (Å²) in [4.78, 5) is 8.87. The molecule has 0 fully saturated rings. The summed E-state index contributed by atoms with van der Waals surface area (Å²) in [5.41, 5.74) is 15.4. The smallest absolute Gasteiger partial charge is 0.164 e. The van der Waals surface area contributed by atoms with Crippen molar-refractivity contribution >= 4 is 11.4 Å². The number of hydrogen-bond acceptors (Lipinski definition) is 5. The lowest BCUT2D eigenvalue weighted by Crippen LogP contribution is -2.01. The number of aromatic nitrogens is 2. The molecule has 0 atom stereocenters. The highest BCUT2D eigenvalue weighted by atomic mass is 16.3. The third-order valence-corrected chi connectivity index (χ3v) is 3.08. The van der Waals surface area contributed by atoms with Crippen LogP contribution in [0.5, 0.6) is 0 Å². The topological polar surface area (TPSA) is 91.0 Å². The first-order chi connectivity index (χ1) is 9.66. The molecule has 5 nitrogen and oxygen atoms in total. The van der Waals surface area contributed by atoms with E-state index in [0.29, 0.717) is 28.5 Å². The van der Waals surface area contributed by atoms with Gasteiger partial charge in [0.1, 0.15) is 5.69 Å². The average Bonchev–Trinajstić information content (AvgIpc) is 2.94. The Kier molecular flexibility index (Phi) is 2.87. The second-order valence-corrected chi connectivity index (χ2v) is 4.51. The van der Waals surface area contributed by atoms with Gasteiger partial charge in [-0.1, -0.05) is 6.07 Å². The summed E-state index contributed by atoms with van der Waals surface area (Å²) in [6, 6.07) is 9.04. The van der Waals surface area contributed by atoms with Crippen LogP contribution in [-0.2, 0) is 0 Å². The number of aryl methyl sites for hydroxylation is 1. The lowest BCUT2D eigenvalue weighted by atomic mass is 10.1. The van der Waals surface area contributed by atoms with Gasteiger partial charge in [-0.05, 0) is 36.8 Å². The highest BCUT2D eigenvalue weighted by Crippen LogP contribution is 2.31. The Bertz CT molecular complexity index is 730. The molecule has 3 aromatic rings. The molecule has 0 radical (unpaired) electrons. The lowest BCUT2D eigenvalue weighted by Gasteiger charge is -2.09. The fourth-order valence-corrected chi connectivity index (χ4v) is 2.07. The average molecular weight is 266 g/mol. The summed E-state index contributed by atoms with van der Waals surface area (Å²) in [7, 11) is 0. The van der Waals surface area contributed by atoms with Crippen LogP contribution in [0.1, 0.15) is 5.56 Å². The van der Waals surface area contributed by atoms with Gasteiger partial charge in [0.15, 0.2) is 11.6 Å². The van der Waals surface area contributed by atoms with E-state index in [-0.39, 0.29) is 0 Å². The first-order valence-electron chi connectivity index (χ1n) is 6.18. The molecular formula is C15H14N4O. The first kappa shape index (κ1) is 12.2. The van der Waals surface area contributed by atoms with Crippen molar-refractivity contribution in [2.24, 2.45) is 0 Å². The van der Waals surface area contributed by atoms with Crippen LogP contribution in [0.4, 0.5) is 11.4 Å². The van der Waals surface area contributed by atoms with Crippen LogP contribution >= 0.6 is 0 Å². The molecule has 5 heteroatoms. The zero-order chi connectivity index (χ0) is 14.1. The monoisotopic (exact) mass is 266 g/mol. The van der Waals surface area contributed by atoms with Gasteiger partial charge in [-0.2, -0.15) is 0 Å². The molecule has 0 unspecified atom stereocenters. The van der Waals surface area contributed by atoms with Crippen molar-refractivity contribution in [3.8, 4) is 22.8 Å². The Morgan fingerprint density at radius 3 is 2.45 bits per heavy atom. The summed E-state index contributed by atoms with van der Waals surface area (Å²) >= 11 is 0. The van der Waals surface area contributed by atoms with E-state index in [1.54, 1.807) is 30.7 Å². The molecule has 2 heterocycles. The van der Waals surface area contributed by atoms with Gasteiger partial charge in [0.2, 0.25) is 0 Å². The second-order valence-electron chi connectivity index (χ2n) is 4.51. The van der Waals surface area contributed by atoms with Crippen LogP contribution < -0.4 is 11.5 Å². The minimum atomic E-state index is 0.498. The first-order valence-corrected chi connectivity index (χ1v) is 6.18. The highest BCUT2D eigenvalue weighted by Gasteiger charge is 2.14. The number of nitrogens with two attached hydrogens (primary N) is 2. The van der Waals surface area contributed by atoms with E-state index in [0.717, 1.165) is 11.3 Å². The Balaban J connectivity index is 2.19. The second kappa shape index (κ2) is 4.70. The molecule has 0 spiro atoms. The van der Waals surface area contributed by atoms with E-state index >= 15 is 0 Å². The van der Waals surface area contributed by atoms with Crippen LogP contribution in [-0.4, -0.2) is 9.97 Å². The maximum atomic E-state index is 5.98. The maximum absolute atomic E-state index is 5.98. The third-order valence-electron chi connectivity index (χ3n) is 3.08. The summed E-state index contributed by atoms with van der Waals surface area (Å²) < 4.78 is 5.40. The van der Waals surface area contributed by atoms with Crippen molar-refractivity contribution in [3.63, 3.8) is 0 Å². The number of rotatable bonds is 2. The fraction of sp³-hybridized carbons (Fsp3) is 0.0667. The van der Waals surface area contributed by atoms with Crippen LogP contribution in [0.25, 0.3) is 22.8 Å². The van der Waals surface area contributed by atoms with Gasteiger partial charge >= 0.3 is 0 Å². The van der Waals surface area contributed by atoms with Crippen molar-refractivity contribution in [1.82, 2.24) is 9.97 Å². The summed E-state index contributed by atoms with van der Waals surface area (Å²) in [5.74, 6) is 1.19. The highest BCUT2D eigenvalue weighted by molar-refractivity contribution is 5.83. The van der Waals surface area contributed by atoms with Gasteiger partial charge in [0, 0.05) is 17.6 Å². The minimum Gasteiger partial charge on any atom is -0.463 e. The molecule has 0 aliphatic heterocycles. The molecule has 4 N–H and O–H groups in total. The Labute approximate surface area is 116 Å². The summed E-state index contributed by atoms with van der Waals surface area (Å²) in [6.45, 7) is 1.93. The molecular weight excluding hydrogens is 252 g/mol. The number of nitrogens with zero attached hydrogens (tertiary/aromatic N) is 2. The number of anilines is 2. The summed E-state index contributed by atoms with van der Waals surface area (Å²) in [5, 5.41) is 0. The molecule has 0 saturated carbocycles. The van der Waals surface area contributed by atoms with Crippen LogP contribution in [0.2, 0.25) is 0 Å². The molecule has 0 aliphatic rings. The predicted molar refractivity (Wildman–Crippen MR) is 78.7 cm³/mol. The molecule has 3 rings (SSSR count). The van der Waals surface area contributed by atoms with E-state index in [1.807, 2.05) is 19.1 Å². The maximum Gasteiger partial charge on any atom is 0.164 e. The van der Waals surface area contributed by atoms with Gasteiger partial charge in [0.05, 0.1) is 11.8 Å². The van der Waals surface area contributed by atoms with E-state index in [4.69, 9.17) is 15.9 Å². The molecule has 100 valence electrons. The largest absolute Gasteiger partial charge is 0.463 e. The summed E-state index contributed by atoms with van der Waals surface area (Å²) in [6.07, 6.45) is 3.36. The molecule has 2 aromatic heterocycles. The molecule has 0 bridgehead atoms. The van der Waals surface area contributed by atoms with Crippen molar-refractivity contribution in [1.29, 1.82) is 0 Å². The van der Waals surface area contributed by atoms with E-state index < -0.39 is 0 Å². The van der Waals surface area contributed by atoms with Crippen molar-refractivity contribution < 1.29 is 4.42 Å². The predicted octanol–water partition coefficient (Wildman–Crippen LogP) is 2.88. The van der Waals surface area contributed by atoms with Gasteiger partial charge < -0.3 is 15.9 Å². The van der Waals surface area contributed by atoms with Crippen LogP contribution in [0.3, 0.4) is 0 Å². The zero-order valence-corrected chi connectivity index (χ0v) is 11.0. The Hall–Kier alpha value is -2.82. The van der Waals surface area contributed by atoms with E-state index in [1.165, 1.54) is 0 Å². The normalized spacial score (nSPS) is 10.7. The van der Waals surface area contributed by atoms with Crippen molar-refractivity contribution in [2.45, 2.75) is 6.92 Å².